The first-order chi connectivity index (χ1) is 36.5. The summed E-state index contributed by atoms with van der Waals surface area (Å²) in [6.45, 7) is 17.0. The van der Waals surface area contributed by atoms with Crippen LogP contribution in [0.5, 0.6) is 0 Å². The van der Waals surface area contributed by atoms with Crippen LogP contribution >= 0.6 is 23.2 Å². The predicted molar refractivity (Wildman–Crippen MR) is 310 cm³/mol. The molecule has 0 radical (unpaired) electrons. The number of halogens is 2. The van der Waals surface area contributed by atoms with E-state index < -0.39 is 11.0 Å². The molecule has 4 amide bonds. The van der Waals surface area contributed by atoms with Crippen molar-refractivity contribution in [3.63, 3.8) is 0 Å². The molecule has 0 aliphatic carbocycles. The number of rotatable bonds is 17. The first-order valence-corrected chi connectivity index (χ1v) is 26.4. The number of carbonyl (C=O) groups excluding carboxylic acids is 2. The van der Waals surface area contributed by atoms with E-state index in [1.165, 1.54) is 11.6 Å². The van der Waals surface area contributed by atoms with Gasteiger partial charge in [-0.1, -0.05) is 127 Å². The van der Waals surface area contributed by atoms with E-state index in [0.717, 1.165) is 44.9 Å². The number of carbonyl (C=O) groups is 2. The van der Waals surface area contributed by atoms with Gasteiger partial charge in [-0.2, -0.15) is 10.2 Å². The number of nitrogens with two attached hydrogens (primary N) is 1. The number of urea groups is 2. The molecule has 0 atom stereocenters. The van der Waals surface area contributed by atoms with Crippen LogP contribution in [0, 0.1) is 10.1 Å². The van der Waals surface area contributed by atoms with Gasteiger partial charge >= 0.3 is 12.1 Å². The Morgan fingerprint density at radius 2 is 0.974 bits per heavy atom. The second kappa shape index (κ2) is 25.5. The molecule has 0 aliphatic rings. The highest BCUT2D eigenvalue weighted by molar-refractivity contribution is 6.32. The normalized spacial score (nSPS) is 11.1. The lowest BCUT2D eigenvalue weighted by atomic mass is 10.0. The number of hydrogen-bond donors (Lipinski definition) is 3. The summed E-state index contributed by atoms with van der Waals surface area (Å²) in [6.07, 6.45) is 9.48. The predicted octanol–water partition coefficient (Wildman–Crippen LogP) is 15.5. The molecule has 0 aliphatic heterocycles. The third kappa shape index (κ3) is 13.1. The Balaban J connectivity index is 0.000000221. The Bertz CT molecular complexity index is 3210. The number of anilines is 5. The molecule has 8 rings (SSSR count). The maximum atomic E-state index is 13.9. The average Bonchev–Trinajstić information content (AvgIpc) is 4.18. The maximum absolute atomic E-state index is 13.9. The molecule has 0 bridgehead atoms. The zero-order chi connectivity index (χ0) is 54.6. The molecule has 14 nitrogen and oxygen atoms in total. The zero-order valence-corrected chi connectivity index (χ0v) is 45.9. The molecule has 394 valence electrons. The number of aromatic nitrogens is 4. The van der Waals surface area contributed by atoms with Gasteiger partial charge < -0.3 is 16.4 Å². The molecule has 4 N–H and O–H groups in total. The van der Waals surface area contributed by atoms with Crippen LogP contribution in [0.15, 0.2) is 146 Å². The topological polar surface area (TPSA) is 169 Å². The molecule has 0 saturated heterocycles. The number of amides is 4. The van der Waals surface area contributed by atoms with Gasteiger partial charge in [0.1, 0.15) is 0 Å². The first-order valence-electron chi connectivity index (χ1n) is 25.7. The highest BCUT2D eigenvalue weighted by Crippen LogP contribution is 2.38. The van der Waals surface area contributed by atoms with Crippen molar-refractivity contribution in [1.29, 1.82) is 0 Å². The maximum Gasteiger partial charge on any atom is 0.326 e. The second-order valence-corrected chi connectivity index (χ2v) is 19.7. The van der Waals surface area contributed by atoms with E-state index in [0.29, 0.717) is 83.0 Å². The largest absolute Gasteiger partial charge is 0.398 e. The highest BCUT2D eigenvalue weighted by Gasteiger charge is 2.27. The Morgan fingerprint density at radius 3 is 1.32 bits per heavy atom. The number of benzene rings is 6. The van der Waals surface area contributed by atoms with Gasteiger partial charge in [0.15, 0.2) is 0 Å². The van der Waals surface area contributed by atoms with Crippen molar-refractivity contribution in [3.05, 3.63) is 211 Å². The molecule has 2 heterocycles. The van der Waals surface area contributed by atoms with Crippen LogP contribution in [0.4, 0.5) is 43.7 Å². The average molecular weight is 1060 g/mol. The Labute approximate surface area is 455 Å². The molecule has 8 aromatic rings. The van der Waals surface area contributed by atoms with Crippen LogP contribution in [-0.2, 0) is 38.8 Å². The van der Waals surface area contributed by atoms with E-state index >= 15 is 0 Å². The van der Waals surface area contributed by atoms with Crippen LogP contribution in [0.2, 0.25) is 10.0 Å². The molecule has 6 aromatic carbocycles. The molecule has 0 spiro atoms. The van der Waals surface area contributed by atoms with E-state index in [-0.39, 0.29) is 23.3 Å². The lowest BCUT2D eigenvalue weighted by molar-refractivity contribution is -0.385. The standard InChI is InChI=1S/C30H32ClN5O3.C30H34ClN5O/c1-5-25-27(31)18-28(36(38)39)26(6-2)29(25)33-30(37)34(23-14-10-22(11-15-23)20(3)4)19-21-8-12-24(13-9-21)35-17-7-16-32-35;1-5-25-27(31)18-28(32)26(6-2)29(25)34-30(37)35(23-14-10-22(11-15-23)20(3)4)19-21-8-12-24(13-9-21)36-17-7-16-33-36/h7-18,20H,5-6,19H2,1-4H3,(H,33,37);7-18,20H,5-6,19,32H2,1-4H3,(H,34,37). The quantitative estimate of drug-likeness (QED) is 0.0463. The van der Waals surface area contributed by atoms with Crippen LogP contribution in [0.25, 0.3) is 11.4 Å². The first kappa shape index (κ1) is 55.8. The highest BCUT2D eigenvalue weighted by atomic mass is 35.5. The summed E-state index contributed by atoms with van der Waals surface area (Å²) in [5.41, 5.74) is 18.5. The fraction of sp³-hybridized carbons (Fsp3) is 0.267. The van der Waals surface area contributed by atoms with Gasteiger partial charge in [-0.15, -0.1) is 0 Å². The van der Waals surface area contributed by atoms with Crippen molar-refractivity contribution in [3.8, 4) is 11.4 Å². The summed E-state index contributed by atoms with van der Waals surface area (Å²) in [5.74, 6) is 0.752. The summed E-state index contributed by atoms with van der Waals surface area (Å²) < 4.78 is 3.57. The molecule has 0 fully saturated rings. The third-order valence-corrected chi connectivity index (χ3v) is 14.1. The van der Waals surface area contributed by atoms with Crippen LogP contribution in [-0.4, -0.2) is 36.5 Å². The number of nitro groups is 1. The van der Waals surface area contributed by atoms with Gasteiger partial charge in [0.2, 0.25) is 0 Å². The number of nitrogen functional groups attached to an aromatic ring is 1. The number of nitrogens with zero attached hydrogens (tertiary/aromatic N) is 7. The lowest BCUT2D eigenvalue weighted by Crippen LogP contribution is -2.35. The minimum absolute atomic E-state index is 0.1000. The van der Waals surface area contributed by atoms with E-state index in [4.69, 9.17) is 28.9 Å². The van der Waals surface area contributed by atoms with Crippen LogP contribution in [0.3, 0.4) is 0 Å². The lowest BCUT2D eigenvalue weighted by Gasteiger charge is -2.26. The molecule has 2 aromatic heterocycles. The van der Waals surface area contributed by atoms with Crippen LogP contribution < -0.4 is 26.2 Å². The molecule has 0 saturated carbocycles. The number of nitrogens with one attached hydrogen (secondary N) is 2. The smallest absolute Gasteiger partial charge is 0.326 e. The SMILES string of the molecule is CCc1c(Cl)cc([N+](=O)[O-])c(CC)c1NC(=O)N(Cc1ccc(-n2cccn2)cc1)c1ccc(C(C)C)cc1.CCc1c(N)cc(Cl)c(CC)c1NC(=O)N(Cc1ccc(-n2cccn2)cc1)c1ccc(C(C)C)cc1. The Hall–Kier alpha value is -7.94. The van der Waals surface area contributed by atoms with E-state index in [1.807, 2.05) is 137 Å². The van der Waals surface area contributed by atoms with Gasteiger partial charge in [0.25, 0.3) is 5.69 Å². The van der Waals surface area contributed by atoms with Crippen molar-refractivity contribution in [1.82, 2.24) is 19.6 Å². The van der Waals surface area contributed by atoms with Crippen molar-refractivity contribution in [2.45, 2.75) is 106 Å². The molecule has 16 heteroatoms. The van der Waals surface area contributed by atoms with E-state index in [9.17, 15) is 19.7 Å². The minimum Gasteiger partial charge on any atom is -0.398 e. The monoisotopic (exact) mass is 1060 g/mol. The second-order valence-electron chi connectivity index (χ2n) is 18.9. The minimum atomic E-state index is -0.455. The molecule has 0 unspecified atom stereocenters. The third-order valence-electron chi connectivity index (χ3n) is 13.4. The fourth-order valence-corrected chi connectivity index (χ4v) is 9.76. The molecule has 76 heavy (non-hydrogen) atoms. The van der Waals surface area contributed by atoms with E-state index in [2.05, 4.69) is 60.7 Å². The van der Waals surface area contributed by atoms with Crippen molar-refractivity contribution >= 4 is 69.4 Å². The van der Waals surface area contributed by atoms with Gasteiger partial charge in [0, 0.05) is 52.9 Å². The zero-order valence-electron chi connectivity index (χ0n) is 44.4. The van der Waals surface area contributed by atoms with Crippen LogP contribution in [0.1, 0.15) is 112 Å². The van der Waals surface area contributed by atoms with Gasteiger partial charge in [-0.05, 0) is 143 Å². The van der Waals surface area contributed by atoms with Crippen molar-refractivity contribution < 1.29 is 14.5 Å². The van der Waals surface area contributed by atoms with Crippen molar-refractivity contribution in [2.75, 3.05) is 26.2 Å². The summed E-state index contributed by atoms with van der Waals surface area (Å²) in [5, 5.41) is 27.3. The Kier molecular flexibility index (Phi) is 18.7. The summed E-state index contributed by atoms with van der Waals surface area (Å²) in [6, 6.07) is 38.2. The summed E-state index contributed by atoms with van der Waals surface area (Å²) in [7, 11) is 0. The van der Waals surface area contributed by atoms with E-state index in [1.54, 1.807) is 37.6 Å². The molecular formula is C60H66Cl2N10O4. The number of nitro benzene ring substituents is 1. The summed E-state index contributed by atoms with van der Waals surface area (Å²) in [4.78, 5) is 42.5. The fourth-order valence-electron chi connectivity index (χ4n) is 9.08. The Morgan fingerprint density at radius 1 is 0.592 bits per heavy atom. The van der Waals surface area contributed by atoms with Gasteiger partial charge in [-0.25, -0.2) is 19.0 Å². The molecular weight excluding hydrogens is 996 g/mol. The number of hydrogen-bond acceptors (Lipinski definition) is 7. The van der Waals surface area contributed by atoms with Crippen molar-refractivity contribution in [2.24, 2.45) is 0 Å². The summed E-state index contributed by atoms with van der Waals surface area (Å²) >= 11 is 13.0. The van der Waals surface area contributed by atoms with Gasteiger partial charge in [0.05, 0.1) is 51.3 Å². The van der Waals surface area contributed by atoms with Gasteiger partial charge in [-0.3, -0.25) is 19.9 Å².